The van der Waals surface area contributed by atoms with E-state index in [0.717, 1.165) is 41.0 Å². The van der Waals surface area contributed by atoms with Crippen molar-refractivity contribution in [3.8, 4) is 11.4 Å². The van der Waals surface area contributed by atoms with Crippen molar-refractivity contribution < 1.29 is 4.79 Å². The van der Waals surface area contributed by atoms with Crippen LogP contribution in [0.5, 0.6) is 0 Å². The molecule has 0 saturated carbocycles. The van der Waals surface area contributed by atoms with Crippen molar-refractivity contribution in [3.05, 3.63) is 71.8 Å². The van der Waals surface area contributed by atoms with Gasteiger partial charge in [-0.25, -0.2) is 0 Å². The number of carbonyl (C=O) groups excluding carboxylic acids is 1. The van der Waals surface area contributed by atoms with E-state index in [2.05, 4.69) is 67.1 Å². The first-order valence-electron chi connectivity index (χ1n) is 10.2. The van der Waals surface area contributed by atoms with Gasteiger partial charge in [0, 0.05) is 17.8 Å². The van der Waals surface area contributed by atoms with E-state index in [4.69, 9.17) is 0 Å². The fourth-order valence-electron chi connectivity index (χ4n) is 3.31. The molecule has 6 heteroatoms. The predicted molar refractivity (Wildman–Crippen MR) is 125 cm³/mol. The van der Waals surface area contributed by atoms with Gasteiger partial charge in [-0.15, -0.1) is 16.8 Å². The SMILES string of the molecule is C=CCn1c(SCC(=O)Nc2c(CC)cccc2CC)nnc1-c1ccc(C)cc1. The van der Waals surface area contributed by atoms with Crippen LogP contribution in [-0.2, 0) is 24.2 Å². The lowest BCUT2D eigenvalue weighted by Gasteiger charge is -2.14. The van der Waals surface area contributed by atoms with Gasteiger partial charge in [-0.2, -0.15) is 0 Å². The zero-order valence-electron chi connectivity index (χ0n) is 17.8. The average molecular weight is 421 g/mol. The topological polar surface area (TPSA) is 59.8 Å². The number of carbonyl (C=O) groups is 1. The number of anilines is 1. The molecule has 3 rings (SSSR count). The van der Waals surface area contributed by atoms with Crippen molar-refractivity contribution in [2.24, 2.45) is 0 Å². The second kappa shape index (κ2) is 10.3. The number of amides is 1. The van der Waals surface area contributed by atoms with Crippen molar-refractivity contribution in [2.75, 3.05) is 11.1 Å². The molecule has 0 atom stereocenters. The van der Waals surface area contributed by atoms with Crippen LogP contribution in [0.15, 0.2) is 60.3 Å². The molecule has 156 valence electrons. The van der Waals surface area contributed by atoms with Gasteiger partial charge >= 0.3 is 0 Å². The van der Waals surface area contributed by atoms with E-state index in [0.29, 0.717) is 11.7 Å². The number of nitrogens with one attached hydrogen (secondary N) is 1. The van der Waals surface area contributed by atoms with Crippen molar-refractivity contribution in [1.29, 1.82) is 0 Å². The van der Waals surface area contributed by atoms with Crippen LogP contribution < -0.4 is 5.32 Å². The maximum Gasteiger partial charge on any atom is 0.234 e. The molecule has 0 fully saturated rings. The molecular formula is C24H28N4OS. The van der Waals surface area contributed by atoms with Gasteiger partial charge in [-0.1, -0.05) is 79.7 Å². The number of benzene rings is 2. The first-order chi connectivity index (χ1) is 14.6. The number of nitrogens with zero attached hydrogens (tertiary/aromatic N) is 3. The summed E-state index contributed by atoms with van der Waals surface area (Å²) in [4.78, 5) is 12.7. The van der Waals surface area contributed by atoms with E-state index in [1.807, 2.05) is 28.8 Å². The molecule has 0 radical (unpaired) electrons. The molecule has 0 bridgehead atoms. The maximum atomic E-state index is 12.7. The number of allylic oxidation sites excluding steroid dienone is 1. The summed E-state index contributed by atoms with van der Waals surface area (Å²) in [6, 6.07) is 14.4. The monoisotopic (exact) mass is 420 g/mol. The third kappa shape index (κ3) is 5.00. The van der Waals surface area contributed by atoms with Gasteiger partial charge in [0.2, 0.25) is 5.91 Å². The van der Waals surface area contributed by atoms with Crippen LogP contribution >= 0.6 is 11.8 Å². The predicted octanol–water partition coefficient (Wildman–Crippen LogP) is 5.30. The fourth-order valence-corrected chi connectivity index (χ4v) is 4.06. The van der Waals surface area contributed by atoms with Crippen LogP contribution in [0, 0.1) is 6.92 Å². The Morgan fingerprint density at radius 3 is 2.37 bits per heavy atom. The van der Waals surface area contributed by atoms with Crippen molar-refractivity contribution >= 4 is 23.4 Å². The summed E-state index contributed by atoms with van der Waals surface area (Å²) in [6.45, 7) is 10.7. The molecule has 0 spiro atoms. The number of rotatable bonds is 9. The summed E-state index contributed by atoms with van der Waals surface area (Å²) in [5.41, 5.74) is 5.45. The highest BCUT2D eigenvalue weighted by Crippen LogP contribution is 2.26. The van der Waals surface area contributed by atoms with Crippen LogP contribution in [0.4, 0.5) is 5.69 Å². The summed E-state index contributed by atoms with van der Waals surface area (Å²) in [5.74, 6) is 1.01. The number of aromatic nitrogens is 3. The third-order valence-electron chi connectivity index (χ3n) is 4.93. The number of aryl methyl sites for hydroxylation is 3. The molecule has 0 aliphatic carbocycles. The Morgan fingerprint density at radius 1 is 1.10 bits per heavy atom. The normalized spacial score (nSPS) is 10.8. The van der Waals surface area contributed by atoms with Crippen LogP contribution in [0.2, 0.25) is 0 Å². The van der Waals surface area contributed by atoms with E-state index in [-0.39, 0.29) is 11.7 Å². The number of thioether (sulfide) groups is 1. The molecule has 1 aromatic heterocycles. The molecule has 3 aromatic rings. The number of hydrogen-bond donors (Lipinski definition) is 1. The molecule has 1 N–H and O–H groups in total. The summed E-state index contributed by atoms with van der Waals surface area (Å²) in [6.07, 6.45) is 3.57. The second-order valence-corrected chi connectivity index (χ2v) is 8.01. The van der Waals surface area contributed by atoms with Crippen LogP contribution in [0.25, 0.3) is 11.4 Å². The molecule has 1 heterocycles. The minimum atomic E-state index is -0.0411. The maximum absolute atomic E-state index is 12.7. The highest BCUT2D eigenvalue weighted by molar-refractivity contribution is 7.99. The minimum Gasteiger partial charge on any atom is -0.325 e. The van der Waals surface area contributed by atoms with Crippen LogP contribution in [-0.4, -0.2) is 26.4 Å². The van der Waals surface area contributed by atoms with E-state index in [1.165, 1.54) is 17.3 Å². The first-order valence-corrected chi connectivity index (χ1v) is 11.2. The Hall–Kier alpha value is -2.86. The summed E-state index contributed by atoms with van der Waals surface area (Å²) in [7, 11) is 0. The Balaban J connectivity index is 1.75. The molecule has 1 amide bonds. The lowest BCUT2D eigenvalue weighted by molar-refractivity contribution is -0.113. The molecule has 0 unspecified atom stereocenters. The van der Waals surface area contributed by atoms with Gasteiger partial charge in [0.25, 0.3) is 0 Å². The quantitative estimate of drug-likeness (QED) is 0.377. The summed E-state index contributed by atoms with van der Waals surface area (Å²) in [5, 5.41) is 12.5. The zero-order chi connectivity index (χ0) is 21.5. The van der Waals surface area contributed by atoms with E-state index in [9.17, 15) is 4.79 Å². The van der Waals surface area contributed by atoms with E-state index < -0.39 is 0 Å². The smallest absolute Gasteiger partial charge is 0.234 e. The van der Waals surface area contributed by atoms with Gasteiger partial charge < -0.3 is 5.32 Å². The summed E-state index contributed by atoms with van der Waals surface area (Å²) < 4.78 is 1.99. The standard InChI is InChI=1S/C24H28N4OS/c1-5-15-28-23(20-13-11-17(4)12-14-20)26-27-24(28)30-16-21(29)25-22-18(6-2)9-8-10-19(22)7-3/h5,8-14H,1,6-7,15-16H2,2-4H3,(H,25,29). The van der Waals surface area contributed by atoms with Crippen molar-refractivity contribution in [1.82, 2.24) is 14.8 Å². The summed E-state index contributed by atoms with van der Waals surface area (Å²) >= 11 is 1.39. The van der Waals surface area contributed by atoms with Crippen LogP contribution in [0.1, 0.15) is 30.5 Å². The average Bonchev–Trinajstić information content (AvgIpc) is 3.15. The number of para-hydroxylation sites is 1. The molecule has 5 nitrogen and oxygen atoms in total. The fraction of sp³-hybridized carbons (Fsp3) is 0.292. The Kier molecular flexibility index (Phi) is 7.46. The third-order valence-corrected chi connectivity index (χ3v) is 5.90. The highest BCUT2D eigenvalue weighted by atomic mass is 32.2. The Morgan fingerprint density at radius 2 is 1.77 bits per heavy atom. The van der Waals surface area contributed by atoms with Gasteiger partial charge in [-0.3, -0.25) is 9.36 Å². The molecule has 0 aliphatic heterocycles. The number of hydrogen-bond acceptors (Lipinski definition) is 4. The second-order valence-electron chi connectivity index (χ2n) is 7.07. The van der Waals surface area contributed by atoms with Gasteiger partial charge in [-0.05, 0) is 30.9 Å². The van der Waals surface area contributed by atoms with Gasteiger partial charge in [0.1, 0.15) is 0 Å². The molecular weight excluding hydrogens is 392 g/mol. The molecule has 2 aromatic carbocycles. The van der Waals surface area contributed by atoms with Gasteiger partial charge in [0.15, 0.2) is 11.0 Å². The van der Waals surface area contributed by atoms with Gasteiger partial charge in [0.05, 0.1) is 5.75 Å². The minimum absolute atomic E-state index is 0.0411. The highest BCUT2D eigenvalue weighted by Gasteiger charge is 2.16. The first kappa shape index (κ1) is 21.8. The van der Waals surface area contributed by atoms with Crippen molar-refractivity contribution in [3.63, 3.8) is 0 Å². The van der Waals surface area contributed by atoms with Crippen molar-refractivity contribution in [2.45, 2.75) is 45.3 Å². The Labute approximate surface area is 182 Å². The van der Waals surface area contributed by atoms with Crippen LogP contribution in [0.3, 0.4) is 0 Å². The lowest BCUT2D eigenvalue weighted by Crippen LogP contribution is -2.17. The molecule has 0 saturated heterocycles. The van der Waals surface area contributed by atoms with E-state index in [1.54, 1.807) is 0 Å². The molecule has 30 heavy (non-hydrogen) atoms. The van der Waals surface area contributed by atoms with E-state index >= 15 is 0 Å². The largest absolute Gasteiger partial charge is 0.325 e. The lowest BCUT2D eigenvalue weighted by atomic mass is 10.0. The Bertz CT molecular complexity index is 1000. The zero-order valence-corrected chi connectivity index (χ0v) is 18.6. The molecule has 0 aliphatic rings.